The Hall–Kier alpha value is -3.43. The molecule has 3 nitrogen and oxygen atoms in total. The highest BCUT2D eigenvalue weighted by Gasteiger charge is 2.30. The van der Waals surface area contributed by atoms with Gasteiger partial charge in [-0.05, 0) is 60.9 Å². The van der Waals surface area contributed by atoms with Crippen molar-refractivity contribution < 1.29 is 9.53 Å². The molecule has 0 saturated carbocycles. The molecule has 1 saturated heterocycles. The Morgan fingerprint density at radius 3 is 1.94 bits per heavy atom. The van der Waals surface area contributed by atoms with E-state index in [4.69, 9.17) is 4.74 Å². The second-order valence-corrected chi connectivity index (χ2v) is 9.98. The standard InChI is InChI=1S/C33H37NO2/c1-33(2,32(35)36-3)30-19-17-26(18-20-30)12-10-11-23-34-24-21-29(22-25-34)31(27-13-6-4-7-14-27)28-15-8-5-9-16-28/h4-10,12-20H,11,21-25H2,1-3H3/b12-10+. The summed E-state index contributed by atoms with van der Waals surface area (Å²) >= 11 is 0. The van der Waals surface area contributed by atoms with Gasteiger partial charge in [0.2, 0.25) is 0 Å². The van der Waals surface area contributed by atoms with E-state index in [-0.39, 0.29) is 5.97 Å². The number of carbonyl (C=O) groups excluding carboxylic acids is 1. The maximum absolute atomic E-state index is 12.0. The van der Waals surface area contributed by atoms with Crippen LogP contribution in [0.1, 0.15) is 55.4 Å². The van der Waals surface area contributed by atoms with Crippen molar-refractivity contribution in [3.8, 4) is 0 Å². The monoisotopic (exact) mass is 479 g/mol. The minimum Gasteiger partial charge on any atom is -0.468 e. The van der Waals surface area contributed by atoms with Crippen molar-refractivity contribution in [1.82, 2.24) is 4.90 Å². The number of piperidine rings is 1. The van der Waals surface area contributed by atoms with Crippen LogP contribution in [0.5, 0.6) is 0 Å². The van der Waals surface area contributed by atoms with E-state index in [0.717, 1.165) is 50.0 Å². The van der Waals surface area contributed by atoms with Gasteiger partial charge in [0.15, 0.2) is 0 Å². The summed E-state index contributed by atoms with van der Waals surface area (Å²) in [5.74, 6) is -0.218. The zero-order chi connectivity index (χ0) is 25.4. The summed E-state index contributed by atoms with van der Waals surface area (Å²) in [6.45, 7) is 7.06. The third-order valence-electron chi connectivity index (χ3n) is 7.19. The minimum atomic E-state index is -0.639. The third-order valence-corrected chi connectivity index (χ3v) is 7.19. The number of likely N-dealkylation sites (tertiary alicyclic amines) is 1. The van der Waals surface area contributed by atoms with Crippen molar-refractivity contribution >= 4 is 17.6 Å². The van der Waals surface area contributed by atoms with Crippen molar-refractivity contribution in [2.75, 3.05) is 26.7 Å². The van der Waals surface area contributed by atoms with Crippen LogP contribution in [0, 0.1) is 0 Å². The molecule has 0 aliphatic carbocycles. The number of benzene rings is 3. The van der Waals surface area contributed by atoms with Gasteiger partial charge in [-0.15, -0.1) is 0 Å². The summed E-state index contributed by atoms with van der Waals surface area (Å²) in [7, 11) is 1.44. The summed E-state index contributed by atoms with van der Waals surface area (Å²) < 4.78 is 4.94. The lowest BCUT2D eigenvalue weighted by Crippen LogP contribution is -2.31. The van der Waals surface area contributed by atoms with E-state index in [1.54, 1.807) is 5.57 Å². The highest BCUT2D eigenvalue weighted by atomic mass is 16.5. The lowest BCUT2D eigenvalue weighted by Gasteiger charge is -2.30. The Balaban J connectivity index is 1.33. The lowest BCUT2D eigenvalue weighted by molar-refractivity contribution is -0.146. The predicted molar refractivity (Wildman–Crippen MR) is 150 cm³/mol. The number of methoxy groups -OCH3 is 1. The molecule has 0 amide bonds. The second-order valence-electron chi connectivity index (χ2n) is 9.98. The lowest BCUT2D eigenvalue weighted by atomic mass is 9.84. The van der Waals surface area contributed by atoms with Crippen LogP contribution in [0.4, 0.5) is 0 Å². The maximum Gasteiger partial charge on any atom is 0.315 e. The van der Waals surface area contributed by atoms with Crippen molar-refractivity contribution in [1.29, 1.82) is 0 Å². The summed E-state index contributed by atoms with van der Waals surface area (Å²) in [6.07, 6.45) is 7.68. The van der Waals surface area contributed by atoms with E-state index in [9.17, 15) is 4.79 Å². The first-order valence-corrected chi connectivity index (χ1v) is 12.9. The number of esters is 1. The van der Waals surface area contributed by atoms with Crippen LogP contribution >= 0.6 is 0 Å². The molecule has 1 aliphatic heterocycles. The van der Waals surface area contributed by atoms with E-state index < -0.39 is 5.41 Å². The highest BCUT2D eigenvalue weighted by molar-refractivity contribution is 5.83. The van der Waals surface area contributed by atoms with Gasteiger partial charge in [-0.3, -0.25) is 4.79 Å². The van der Waals surface area contributed by atoms with Gasteiger partial charge in [0.25, 0.3) is 0 Å². The molecular weight excluding hydrogens is 442 g/mol. The average molecular weight is 480 g/mol. The van der Waals surface area contributed by atoms with E-state index in [1.807, 2.05) is 26.0 Å². The summed E-state index contributed by atoms with van der Waals surface area (Å²) in [5, 5.41) is 0. The molecule has 0 aromatic heterocycles. The van der Waals surface area contributed by atoms with Gasteiger partial charge in [0, 0.05) is 19.6 Å². The minimum absolute atomic E-state index is 0.218. The first-order valence-electron chi connectivity index (χ1n) is 12.9. The van der Waals surface area contributed by atoms with Crippen molar-refractivity contribution in [3.63, 3.8) is 0 Å². The van der Waals surface area contributed by atoms with Gasteiger partial charge in [-0.25, -0.2) is 0 Å². The fourth-order valence-electron chi connectivity index (χ4n) is 4.94. The molecule has 0 spiro atoms. The van der Waals surface area contributed by atoms with E-state index in [0.29, 0.717) is 0 Å². The molecule has 0 N–H and O–H groups in total. The van der Waals surface area contributed by atoms with Gasteiger partial charge in [0.05, 0.1) is 12.5 Å². The molecule has 186 valence electrons. The molecule has 3 aromatic carbocycles. The molecule has 36 heavy (non-hydrogen) atoms. The fraction of sp³-hybridized carbons (Fsp3) is 0.303. The molecule has 1 fully saturated rings. The molecule has 1 heterocycles. The molecule has 3 heteroatoms. The van der Waals surface area contributed by atoms with Crippen molar-refractivity contribution in [2.45, 2.75) is 38.5 Å². The Kier molecular flexibility index (Phi) is 8.56. The SMILES string of the molecule is COC(=O)C(C)(C)c1ccc(/C=C/CCN2CCC(=C(c3ccccc3)c3ccccc3)CC2)cc1. The summed E-state index contributed by atoms with van der Waals surface area (Å²) in [5.41, 5.74) is 7.09. The van der Waals surface area contributed by atoms with Crippen LogP contribution in [-0.4, -0.2) is 37.6 Å². The van der Waals surface area contributed by atoms with Gasteiger partial charge >= 0.3 is 5.97 Å². The van der Waals surface area contributed by atoms with Gasteiger partial charge in [-0.1, -0.05) is 103 Å². The predicted octanol–water partition coefficient (Wildman–Crippen LogP) is 7.14. The van der Waals surface area contributed by atoms with Crippen molar-refractivity contribution in [2.24, 2.45) is 0 Å². The Labute approximate surface area is 216 Å². The van der Waals surface area contributed by atoms with Crippen LogP contribution in [-0.2, 0) is 14.9 Å². The Bertz CT molecular complexity index is 1140. The number of carbonyl (C=O) groups is 1. The molecule has 0 atom stereocenters. The quantitative estimate of drug-likeness (QED) is 0.322. The second kappa shape index (κ2) is 12.0. The first kappa shape index (κ1) is 25.7. The number of hydrogen-bond donors (Lipinski definition) is 0. The highest BCUT2D eigenvalue weighted by Crippen LogP contribution is 2.32. The van der Waals surface area contributed by atoms with Crippen LogP contribution in [0.3, 0.4) is 0 Å². The Morgan fingerprint density at radius 2 is 1.42 bits per heavy atom. The molecule has 4 rings (SSSR count). The van der Waals surface area contributed by atoms with Gasteiger partial charge in [-0.2, -0.15) is 0 Å². The smallest absolute Gasteiger partial charge is 0.315 e. The van der Waals surface area contributed by atoms with E-state index >= 15 is 0 Å². The number of hydrogen-bond acceptors (Lipinski definition) is 3. The molecule has 1 aliphatic rings. The third kappa shape index (κ3) is 6.22. The van der Waals surface area contributed by atoms with Crippen LogP contribution in [0.25, 0.3) is 11.6 Å². The summed E-state index contributed by atoms with van der Waals surface area (Å²) in [4.78, 5) is 14.6. The van der Waals surface area contributed by atoms with Crippen LogP contribution < -0.4 is 0 Å². The van der Waals surface area contributed by atoms with Gasteiger partial charge < -0.3 is 9.64 Å². The van der Waals surface area contributed by atoms with Crippen LogP contribution in [0.15, 0.2) is 96.6 Å². The van der Waals surface area contributed by atoms with Crippen LogP contribution in [0.2, 0.25) is 0 Å². The summed E-state index contributed by atoms with van der Waals surface area (Å²) in [6, 6.07) is 29.8. The topological polar surface area (TPSA) is 29.5 Å². The normalized spacial score (nSPS) is 14.7. The zero-order valence-corrected chi connectivity index (χ0v) is 21.7. The number of nitrogens with zero attached hydrogens (tertiary/aromatic N) is 1. The first-order chi connectivity index (χ1) is 17.5. The molecular formula is C33H37NO2. The average Bonchev–Trinajstić information content (AvgIpc) is 2.93. The molecule has 3 aromatic rings. The number of rotatable bonds is 8. The van der Waals surface area contributed by atoms with Gasteiger partial charge in [0.1, 0.15) is 0 Å². The largest absolute Gasteiger partial charge is 0.468 e. The van der Waals surface area contributed by atoms with E-state index in [1.165, 1.54) is 23.8 Å². The zero-order valence-electron chi connectivity index (χ0n) is 21.7. The molecule has 0 bridgehead atoms. The van der Waals surface area contributed by atoms with E-state index in [2.05, 4.69) is 89.8 Å². The number of ether oxygens (including phenoxy) is 1. The Morgan fingerprint density at radius 1 is 0.861 bits per heavy atom. The maximum atomic E-state index is 12.0. The molecule has 0 unspecified atom stereocenters. The molecule has 0 radical (unpaired) electrons. The fourth-order valence-corrected chi connectivity index (χ4v) is 4.94. The van der Waals surface area contributed by atoms with Crippen molar-refractivity contribution in [3.05, 3.63) is 119 Å².